The number of hydrogen-bond donors (Lipinski definition) is 3. The van der Waals surface area contributed by atoms with E-state index in [4.69, 9.17) is 28.2 Å². The fourth-order valence-corrected chi connectivity index (χ4v) is 3.45. The van der Waals surface area contributed by atoms with Crippen molar-refractivity contribution in [3.05, 3.63) is 76.3 Å². The normalized spacial score (nSPS) is 10.8. The average Bonchev–Trinajstić information content (AvgIpc) is 3.12. The minimum Gasteiger partial charge on any atom is -0.507 e. The molecule has 8 heteroatoms. The van der Waals surface area contributed by atoms with Crippen LogP contribution in [0.4, 0.5) is 5.69 Å². The first-order chi connectivity index (χ1) is 14.8. The molecule has 3 aromatic carbocycles. The number of aromatic hydroxyl groups is 1. The van der Waals surface area contributed by atoms with Crippen LogP contribution in [0.2, 0.25) is 5.02 Å². The zero-order chi connectivity index (χ0) is 22.1. The van der Waals surface area contributed by atoms with Crippen molar-refractivity contribution in [3.8, 4) is 17.2 Å². The number of carbonyl (C=O) groups is 1. The molecule has 0 saturated heterocycles. The van der Waals surface area contributed by atoms with Crippen molar-refractivity contribution >= 4 is 51.6 Å². The molecule has 3 N–H and O–H groups in total. The van der Waals surface area contributed by atoms with Gasteiger partial charge in [0.2, 0.25) is 5.89 Å². The van der Waals surface area contributed by atoms with E-state index in [2.05, 4.69) is 15.6 Å². The summed E-state index contributed by atoms with van der Waals surface area (Å²) in [6.45, 7) is 4.00. The second-order valence-electron chi connectivity index (χ2n) is 7.07. The first-order valence-electron chi connectivity index (χ1n) is 9.39. The van der Waals surface area contributed by atoms with Crippen LogP contribution in [-0.4, -0.2) is 21.1 Å². The van der Waals surface area contributed by atoms with Crippen molar-refractivity contribution in [3.63, 3.8) is 0 Å². The van der Waals surface area contributed by atoms with Gasteiger partial charge in [-0.25, -0.2) is 4.98 Å². The molecule has 1 aromatic heterocycles. The number of thiocarbonyl (C=S) groups is 1. The third-order valence-electron chi connectivity index (χ3n) is 4.80. The highest BCUT2D eigenvalue weighted by Gasteiger charge is 2.15. The lowest BCUT2D eigenvalue weighted by Crippen LogP contribution is -2.34. The number of benzene rings is 3. The molecule has 0 radical (unpaired) electrons. The summed E-state index contributed by atoms with van der Waals surface area (Å²) in [5, 5.41) is 16.4. The smallest absolute Gasteiger partial charge is 0.257 e. The molecule has 0 aliphatic rings. The highest BCUT2D eigenvalue weighted by Crippen LogP contribution is 2.34. The van der Waals surface area contributed by atoms with E-state index in [0.717, 1.165) is 11.1 Å². The summed E-state index contributed by atoms with van der Waals surface area (Å²) < 4.78 is 5.85. The summed E-state index contributed by atoms with van der Waals surface area (Å²) in [7, 11) is 0. The molecule has 0 saturated carbocycles. The van der Waals surface area contributed by atoms with E-state index in [-0.39, 0.29) is 22.7 Å². The summed E-state index contributed by atoms with van der Waals surface area (Å²) in [4.78, 5) is 16.8. The first kappa shape index (κ1) is 20.8. The van der Waals surface area contributed by atoms with Gasteiger partial charge in [0.25, 0.3) is 5.91 Å². The van der Waals surface area contributed by atoms with Crippen LogP contribution in [-0.2, 0) is 0 Å². The van der Waals surface area contributed by atoms with Gasteiger partial charge in [0.05, 0.1) is 5.56 Å². The lowest BCUT2D eigenvalue weighted by atomic mass is 10.1. The van der Waals surface area contributed by atoms with Gasteiger partial charge >= 0.3 is 0 Å². The third kappa shape index (κ3) is 4.52. The van der Waals surface area contributed by atoms with Crippen LogP contribution < -0.4 is 10.6 Å². The molecule has 0 unspecified atom stereocenters. The Morgan fingerprint density at radius 1 is 1.10 bits per heavy atom. The van der Waals surface area contributed by atoms with E-state index in [0.29, 0.717) is 32.9 Å². The zero-order valence-corrected chi connectivity index (χ0v) is 18.3. The molecule has 0 spiro atoms. The van der Waals surface area contributed by atoms with Crippen LogP contribution in [0.25, 0.3) is 22.6 Å². The Hall–Kier alpha value is -3.42. The molecule has 31 heavy (non-hydrogen) atoms. The fraction of sp³-hybridized carbons (Fsp3) is 0.0870. The van der Waals surface area contributed by atoms with Crippen molar-refractivity contribution in [2.75, 3.05) is 5.32 Å². The number of nitrogens with zero attached hydrogens (tertiary/aromatic N) is 1. The molecular weight excluding hydrogens is 434 g/mol. The zero-order valence-electron chi connectivity index (χ0n) is 16.7. The molecule has 156 valence electrons. The molecule has 0 atom stereocenters. The van der Waals surface area contributed by atoms with E-state index < -0.39 is 0 Å². The van der Waals surface area contributed by atoms with Crippen LogP contribution >= 0.6 is 23.8 Å². The first-order valence-corrected chi connectivity index (χ1v) is 10.2. The van der Waals surface area contributed by atoms with Gasteiger partial charge in [0.15, 0.2) is 10.7 Å². The van der Waals surface area contributed by atoms with E-state index in [9.17, 15) is 9.90 Å². The number of aromatic nitrogens is 1. The Morgan fingerprint density at radius 2 is 1.87 bits per heavy atom. The van der Waals surface area contributed by atoms with Crippen LogP contribution in [0.5, 0.6) is 5.75 Å². The fourth-order valence-electron chi connectivity index (χ4n) is 3.05. The van der Waals surface area contributed by atoms with Gasteiger partial charge in [-0.3, -0.25) is 10.1 Å². The number of nitrogens with one attached hydrogen (secondary N) is 2. The Balaban J connectivity index is 1.55. The second kappa shape index (κ2) is 8.37. The molecule has 0 aliphatic carbocycles. The number of fused-ring (bicyclic) bond motifs is 1. The van der Waals surface area contributed by atoms with Gasteiger partial charge in [-0.1, -0.05) is 17.7 Å². The van der Waals surface area contributed by atoms with Crippen molar-refractivity contribution in [2.45, 2.75) is 13.8 Å². The summed E-state index contributed by atoms with van der Waals surface area (Å²) in [5.74, 6) is -0.0850. The third-order valence-corrected chi connectivity index (χ3v) is 5.24. The van der Waals surface area contributed by atoms with E-state index in [1.165, 1.54) is 6.07 Å². The maximum Gasteiger partial charge on any atom is 0.257 e. The predicted molar refractivity (Wildman–Crippen MR) is 126 cm³/mol. The predicted octanol–water partition coefficient (Wildman–Crippen LogP) is 5.60. The quantitative estimate of drug-likeness (QED) is 0.277. The van der Waals surface area contributed by atoms with E-state index in [1.54, 1.807) is 36.4 Å². The topological polar surface area (TPSA) is 87.4 Å². The standard InChI is InChI=1S/C23H18ClN3O3S/c1-12-8-18-20(9-13(12)2)30-22(26-18)17-11-16(6-7-19(17)28)25-23(31)27-21(29)14-4-3-5-15(24)10-14/h3-11,28H,1-2H3,(H2,25,27,29,31). The maximum atomic E-state index is 12.3. The molecule has 0 bridgehead atoms. The van der Waals surface area contributed by atoms with Gasteiger partial charge in [-0.2, -0.15) is 0 Å². The number of oxazole rings is 1. The highest BCUT2D eigenvalue weighted by molar-refractivity contribution is 7.80. The SMILES string of the molecule is Cc1cc2nc(-c3cc(NC(=S)NC(=O)c4cccc(Cl)c4)ccc3O)oc2cc1C. The number of halogens is 1. The molecule has 6 nitrogen and oxygen atoms in total. The van der Waals surface area contributed by atoms with Crippen molar-refractivity contribution in [1.82, 2.24) is 10.3 Å². The number of phenolic OH excluding ortho intramolecular Hbond substituents is 1. The Morgan fingerprint density at radius 3 is 2.65 bits per heavy atom. The van der Waals surface area contributed by atoms with Gasteiger partial charge in [0, 0.05) is 16.3 Å². The highest BCUT2D eigenvalue weighted by atomic mass is 35.5. The van der Waals surface area contributed by atoms with Gasteiger partial charge in [-0.15, -0.1) is 0 Å². The second-order valence-corrected chi connectivity index (χ2v) is 7.92. The number of hydrogen-bond acceptors (Lipinski definition) is 5. The molecule has 4 rings (SSSR count). The van der Waals surface area contributed by atoms with Crippen molar-refractivity contribution in [2.24, 2.45) is 0 Å². The van der Waals surface area contributed by atoms with Gasteiger partial charge < -0.3 is 14.8 Å². The van der Waals surface area contributed by atoms with Crippen LogP contribution in [0.1, 0.15) is 21.5 Å². The largest absolute Gasteiger partial charge is 0.507 e. The number of anilines is 1. The minimum atomic E-state index is -0.385. The number of aryl methyl sites for hydroxylation is 2. The van der Waals surface area contributed by atoms with Gasteiger partial charge in [0.1, 0.15) is 11.3 Å². The maximum absolute atomic E-state index is 12.3. The molecule has 1 heterocycles. The summed E-state index contributed by atoms with van der Waals surface area (Å²) in [6, 6.07) is 15.2. The van der Waals surface area contributed by atoms with Crippen LogP contribution in [0.3, 0.4) is 0 Å². The Bertz CT molecular complexity index is 1290. The van der Waals surface area contributed by atoms with E-state index >= 15 is 0 Å². The monoisotopic (exact) mass is 451 g/mol. The van der Waals surface area contributed by atoms with Crippen molar-refractivity contribution in [1.29, 1.82) is 0 Å². The molecule has 0 aliphatic heterocycles. The Labute approximate surface area is 188 Å². The average molecular weight is 452 g/mol. The Kier molecular flexibility index (Phi) is 5.63. The molecular formula is C23H18ClN3O3S. The summed E-state index contributed by atoms with van der Waals surface area (Å²) in [6.07, 6.45) is 0. The summed E-state index contributed by atoms with van der Waals surface area (Å²) >= 11 is 11.2. The summed E-state index contributed by atoms with van der Waals surface area (Å²) in [5.41, 5.74) is 4.89. The lowest BCUT2D eigenvalue weighted by molar-refractivity contribution is 0.0977. The number of phenols is 1. The van der Waals surface area contributed by atoms with Crippen molar-refractivity contribution < 1.29 is 14.3 Å². The van der Waals surface area contributed by atoms with E-state index in [1.807, 2.05) is 26.0 Å². The molecule has 0 fully saturated rings. The minimum absolute atomic E-state index is 0.0134. The number of carbonyl (C=O) groups excluding carboxylic acids is 1. The van der Waals surface area contributed by atoms with Crippen LogP contribution in [0, 0.1) is 13.8 Å². The molecule has 1 amide bonds. The van der Waals surface area contributed by atoms with Gasteiger partial charge in [-0.05, 0) is 85.7 Å². The lowest BCUT2D eigenvalue weighted by Gasteiger charge is -2.11. The van der Waals surface area contributed by atoms with Crippen LogP contribution in [0.15, 0.2) is 59.0 Å². The molecule has 4 aromatic rings. The number of amides is 1. The number of rotatable bonds is 3.